The Bertz CT molecular complexity index is 863. The van der Waals surface area contributed by atoms with Gasteiger partial charge in [-0.3, -0.25) is 4.79 Å². The number of fused-ring (bicyclic) bond motifs is 3. The number of carbonyl (C=O) groups excluding carboxylic acids is 1. The average Bonchev–Trinajstić information content (AvgIpc) is 3.04. The molecule has 27 heavy (non-hydrogen) atoms. The van der Waals surface area contributed by atoms with Gasteiger partial charge in [-0.1, -0.05) is 18.7 Å². The number of nitrogen functional groups attached to an aromatic ring is 1. The fourth-order valence-corrected chi connectivity index (χ4v) is 5.65. The molecule has 0 aliphatic carbocycles. The summed E-state index contributed by atoms with van der Waals surface area (Å²) in [6.45, 7) is 6.64. The van der Waals surface area contributed by atoms with Gasteiger partial charge in [-0.2, -0.15) is 0 Å². The van der Waals surface area contributed by atoms with Gasteiger partial charge in [0, 0.05) is 24.4 Å². The lowest BCUT2D eigenvalue weighted by atomic mass is 9.90. The topological polar surface area (TPSA) is 81.3 Å². The number of aromatic nitrogens is 2. The van der Waals surface area contributed by atoms with Gasteiger partial charge in [0.15, 0.2) is 5.16 Å². The molecule has 2 aromatic heterocycles. The first-order valence-electron chi connectivity index (χ1n) is 9.61. The number of hydrogen-bond acceptors (Lipinski definition) is 7. The van der Waals surface area contributed by atoms with Crippen LogP contribution in [0.15, 0.2) is 5.16 Å². The summed E-state index contributed by atoms with van der Waals surface area (Å²) in [5.41, 5.74) is 7.40. The van der Waals surface area contributed by atoms with Gasteiger partial charge in [-0.25, -0.2) is 9.97 Å². The molecule has 0 aromatic carbocycles. The van der Waals surface area contributed by atoms with Crippen LogP contribution in [0.4, 0.5) is 5.82 Å². The number of hydrogen-bond donors (Lipinski definition) is 1. The first-order valence-corrected chi connectivity index (χ1v) is 11.4. The van der Waals surface area contributed by atoms with E-state index < -0.39 is 0 Å². The van der Waals surface area contributed by atoms with Gasteiger partial charge >= 0.3 is 0 Å². The maximum atomic E-state index is 12.4. The van der Waals surface area contributed by atoms with E-state index >= 15 is 0 Å². The Balaban J connectivity index is 1.53. The van der Waals surface area contributed by atoms with Crippen LogP contribution in [0.5, 0.6) is 0 Å². The molecular weight excluding hydrogens is 380 g/mol. The molecule has 0 saturated carbocycles. The molecule has 1 atom stereocenters. The van der Waals surface area contributed by atoms with Crippen LogP contribution in [-0.4, -0.2) is 45.2 Å². The highest BCUT2D eigenvalue weighted by atomic mass is 32.2. The molecule has 1 fully saturated rings. The molecule has 2 N–H and O–H groups in total. The van der Waals surface area contributed by atoms with E-state index in [0.717, 1.165) is 49.0 Å². The molecule has 0 unspecified atom stereocenters. The smallest absolute Gasteiger partial charge is 0.233 e. The van der Waals surface area contributed by atoms with E-state index in [9.17, 15) is 4.79 Å². The Hall–Kier alpha value is -1.38. The number of thiophene rings is 1. The number of amides is 1. The van der Waals surface area contributed by atoms with Crippen LogP contribution in [-0.2, 0) is 22.6 Å². The normalized spacial score (nSPS) is 22.8. The largest absolute Gasteiger partial charge is 0.383 e. The quantitative estimate of drug-likeness (QED) is 0.617. The van der Waals surface area contributed by atoms with Gasteiger partial charge in [0.25, 0.3) is 0 Å². The van der Waals surface area contributed by atoms with Crippen LogP contribution >= 0.6 is 23.1 Å². The minimum Gasteiger partial charge on any atom is -0.383 e. The number of thioether (sulfide) groups is 1. The summed E-state index contributed by atoms with van der Waals surface area (Å²) in [4.78, 5) is 25.6. The second-order valence-electron chi connectivity index (χ2n) is 7.57. The molecule has 2 aliphatic rings. The lowest BCUT2D eigenvalue weighted by molar-refractivity contribution is -0.129. The Morgan fingerprint density at radius 3 is 2.85 bits per heavy atom. The van der Waals surface area contributed by atoms with Crippen LogP contribution in [0.2, 0.25) is 0 Å². The summed E-state index contributed by atoms with van der Waals surface area (Å²) in [5, 5.41) is 1.56. The minimum atomic E-state index is -0.151. The van der Waals surface area contributed by atoms with Crippen LogP contribution < -0.4 is 5.73 Å². The number of piperidine rings is 1. The Kier molecular flexibility index (Phi) is 5.31. The molecule has 1 saturated heterocycles. The number of nitrogens with two attached hydrogens (primary N) is 1. The zero-order valence-corrected chi connectivity index (χ0v) is 17.5. The van der Waals surface area contributed by atoms with Crippen LogP contribution in [0, 0.1) is 0 Å². The van der Waals surface area contributed by atoms with Crippen LogP contribution in [0.1, 0.15) is 50.0 Å². The van der Waals surface area contributed by atoms with Gasteiger partial charge < -0.3 is 15.4 Å². The predicted molar refractivity (Wildman–Crippen MR) is 110 cm³/mol. The summed E-state index contributed by atoms with van der Waals surface area (Å²) >= 11 is 3.02. The van der Waals surface area contributed by atoms with Crippen LogP contribution in [0.3, 0.4) is 0 Å². The molecule has 0 spiro atoms. The minimum absolute atomic E-state index is 0.151. The van der Waals surface area contributed by atoms with Crippen molar-refractivity contribution in [3.05, 3.63) is 10.4 Å². The molecule has 6 nitrogen and oxygen atoms in total. The molecular formula is C19H26N4O2S2. The summed E-state index contributed by atoms with van der Waals surface area (Å²) in [6, 6.07) is 0. The number of ether oxygens (including phenoxy) is 1. The third kappa shape index (κ3) is 3.79. The lowest BCUT2D eigenvalue weighted by Gasteiger charge is -2.33. The number of rotatable bonds is 4. The van der Waals surface area contributed by atoms with Crippen molar-refractivity contribution in [3.63, 3.8) is 0 Å². The molecule has 2 aromatic rings. The maximum absolute atomic E-state index is 12.4. The van der Waals surface area contributed by atoms with Crippen molar-refractivity contribution >= 4 is 45.0 Å². The van der Waals surface area contributed by atoms with Gasteiger partial charge in [-0.15, -0.1) is 11.3 Å². The highest BCUT2D eigenvalue weighted by Gasteiger charge is 2.33. The van der Waals surface area contributed by atoms with Gasteiger partial charge in [0.2, 0.25) is 5.91 Å². The number of carbonyl (C=O) groups is 1. The highest BCUT2D eigenvalue weighted by Crippen LogP contribution is 2.41. The standard InChI is InChI=1S/C19H26N4O2S2/c1-3-19(2)9-12-13(10-25-19)27-17-15(12)16(20)21-18(22-17)26-11-14(24)23-7-5-4-6-8-23/h3-11H2,1-2H3,(H2,20,21,22)/t19-/m0/s1. The van der Waals surface area contributed by atoms with E-state index in [0.29, 0.717) is 23.3 Å². The van der Waals surface area contributed by atoms with E-state index in [1.165, 1.54) is 28.6 Å². The van der Waals surface area contributed by atoms with Gasteiger partial charge in [0.1, 0.15) is 10.6 Å². The number of anilines is 1. The summed E-state index contributed by atoms with van der Waals surface area (Å²) in [5.74, 6) is 1.05. The second kappa shape index (κ2) is 7.56. The molecule has 8 heteroatoms. The Morgan fingerprint density at radius 1 is 1.33 bits per heavy atom. The summed E-state index contributed by atoms with van der Waals surface area (Å²) < 4.78 is 6.05. The second-order valence-corrected chi connectivity index (χ2v) is 9.60. The number of likely N-dealkylation sites (tertiary alicyclic amines) is 1. The SMILES string of the molecule is CC[C@@]1(C)Cc2c(sc3nc(SCC(=O)N4CCCCC4)nc(N)c23)CO1. The zero-order valence-electron chi connectivity index (χ0n) is 15.9. The van der Waals surface area contributed by atoms with E-state index in [2.05, 4.69) is 18.8 Å². The third-order valence-corrected chi connectivity index (χ3v) is 7.56. The van der Waals surface area contributed by atoms with Gasteiger partial charge in [0.05, 0.1) is 23.3 Å². The van der Waals surface area contributed by atoms with E-state index in [1.54, 1.807) is 11.3 Å². The molecule has 1 amide bonds. The zero-order chi connectivity index (χ0) is 19.0. The molecule has 2 aliphatic heterocycles. The van der Waals surface area contributed by atoms with Crippen LogP contribution in [0.25, 0.3) is 10.2 Å². The Labute approximate surface area is 167 Å². The molecule has 4 rings (SSSR count). The lowest BCUT2D eigenvalue weighted by Crippen LogP contribution is -2.36. The number of nitrogens with zero attached hydrogens (tertiary/aromatic N) is 3. The highest BCUT2D eigenvalue weighted by molar-refractivity contribution is 7.99. The monoisotopic (exact) mass is 406 g/mol. The molecule has 4 heterocycles. The van der Waals surface area contributed by atoms with Crippen molar-refractivity contribution in [1.29, 1.82) is 0 Å². The van der Waals surface area contributed by atoms with Crippen molar-refractivity contribution in [2.45, 2.75) is 63.3 Å². The predicted octanol–water partition coefficient (Wildman–Crippen LogP) is 3.62. The summed E-state index contributed by atoms with van der Waals surface area (Å²) in [6.07, 6.45) is 5.22. The molecule has 146 valence electrons. The van der Waals surface area contributed by atoms with Crippen molar-refractivity contribution in [2.24, 2.45) is 0 Å². The van der Waals surface area contributed by atoms with E-state index in [-0.39, 0.29) is 11.5 Å². The third-order valence-electron chi connectivity index (χ3n) is 5.63. The molecule has 0 radical (unpaired) electrons. The summed E-state index contributed by atoms with van der Waals surface area (Å²) in [7, 11) is 0. The molecule has 0 bridgehead atoms. The first-order chi connectivity index (χ1) is 13.0. The van der Waals surface area contributed by atoms with Crippen molar-refractivity contribution in [3.8, 4) is 0 Å². The Morgan fingerprint density at radius 2 is 2.11 bits per heavy atom. The van der Waals surface area contributed by atoms with E-state index in [4.69, 9.17) is 15.5 Å². The van der Waals surface area contributed by atoms with E-state index in [1.807, 2.05) is 4.90 Å². The first kappa shape index (κ1) is 19.0. The fourth-order valence-electron chi connectivity index (χ4n) is 3.73. The fraction of sp³-hybridized carbons (Fsp3) is 0.632. The maximum Gasteiger partial charge on any atom is 0.233 e. The van der Waals surface area contributed by atoms with Crippen molar-refractivity contribution < 1.29 is 9.53 Å². The van der Waals surface area contributed by atoms with Gasteiger partial charge in [-0.05, 0) is 38.2 Å². The average molecular weight is 407 g/mol. The van der Waals surface area contributed by atoms with Crippen molar-refractivity contribution in [1.82, 2.24) is 14.9 Å². The van der Waals surface area contributed by atoms with Crippen molar-refractivity contribution in [2.75, 3.05) is 24.6 Å².